The molecule has 0 aliphatic rings. The molecule has 0 unspecified atom stereocenters. The van der Waals surface area contributed by atoms with Crippen LogP contribution < -0.4 is 5.32 Å². The molecule has 0 bridgehead atoms. The Morgan fingerprint density at radius 3 is 2.37 bits per heavy atom. The van der Waals surface area contributed by atoms with Crippen LogP contribution in [0.3, 0.4) is 0 Å². The van der Waals surface area contributed by atoms with Gasteiger partial charge in [-0.05, 0) is 39.0 Å². The third kappa shape index (κ3) is 5.20. The van der Waals surface area contributed by atoms with Gasteiger partial charge in [-0.3, -0.25) is 5.32 Å². The molecule has 1 aromatic carbocycles. The van der Waals surface area contributed by atoms with Crippen LogP contribution in [0.15, 0.2) is 27.6 Å². The predicted molar refractivity (Wildman–Crippen MR) is 77.1 cm³/mol. The van der Waals surface area contributed by atoms with Crippen LogP contribution in [-0.2, 0) is 14.6 Å². The van der Waals surface area contributed by atoms with Gasteiger partial charge in [-0.2, -0.15) is 0 Å². The Morgan fingerprint density at radius 2 is 1.89 bits per heavy atom. The summed E-state index contributed by atoms with van der Waals surface area (Å²) in [5.41, 5.74) is -0.465. The van der Waals surface area contributed by atoms with Crippen LogP contribution >= 0.6 is 15.9 Å². The molecule has 1 aromatic rings. The van der Waals surface area contributed by atoms with E-state index in [0.717, 1.165) is 6.26 Å². The van der Waals surface area contributed by atoms with Gasteiger partial charge >= 0.3 is 6.09 Å². The molecule has 0 heterocycles. The Balaban J connectivity index is 3.07. The molecule has 0 saturated heterocycles. The van der Waals surface area contributed by atoms with Crippen LogP contribution in [0, 0.1) is 0 Å². The highest BCUT2D eigenvalue weighted by molar-refractivity contribution is 9.10. The molecule has 1 N–H and O–H groups in total. The lowest BCUT2D eigenvalue weighted by Crippen LogP contribution is -2.27. The van der Waals surface area contributed by atoms with Crippen molar-refractivity contribution in [2.24, 2.45) is 0 Å². The molecule has 0 aromatic heterocycles. The summed E-state index contributed by atoms with van der Waals surface area (Å²) in [6.45, 7) is 5.18. The Labute approximate surface area is 121 Å². The summed E-state index contributed by atoms with van der Waals surface area (Å²) < 4.78 is 29.0. The number of hydrogen-bond donors (Lipinski definition) is 1. The van der Waals surface area contributed by atoms with Crippen molar-refractivity contribution >= 4 is 37.5 Å². The average Bonchev–Trinajstić information content (AvgIpc) is 2.11. The first kappa shape index (κ1) is 16.0. The van der Waals surface area contributed by atoms with Crippen molar-refractivity contribution in [3.8, 4) is 0 Å². The van der Waals surface area contributed by atoms with E-state index in [1.54, 1.807) is 26.8 Å². The Bertz CT molecular complexity index is 590. The van der Waals surface area contributed by atoms with Gasteiger partial charge in [0.1, 0.15) is 5.60 Å². The molecule has 0 atom stereocenters. The third-order valence-electron chi connectivity index (χ3n) is 1.98. The average molecular weight is 350 g/mol. The molecule has 5 nitrogen and oxygen atoms in total. The van der Waals surface area contributed by atoms with E-state index in [1.807, 2.05) is 0 Å². The Hall–Kier alpha value is -1.08. The maximum Gasteiger partial charge on any atom is 0.412 e. The Morgan fingerprint density at radius 1 is 1.32 bits per heavy atom. The minimum absolute atomic E-state index is 0.0431. The molecule has 0 fully saturated rings. The fourth-order valence-corrected chi connectivity index (χ4v) is 2.52. The molecule has 1 rings (SSSR count). The molecular formula is C12H16BrNO4S. The van der Waals surface area contributed by atoms with Crippen LogP contribution in [0.4, 0.5) is 10.5 Å². The van der Waals surface area contributed by atoms with Crippen LogP contribution in [0.1, 0.15) is 20.8 Å². The van der Waals surface area contributed by atoms with Crippen molar-refractivity contribution < 1.29 is 17.9 Å². The van der Waals surface area contributed by atoms with Gasteiger partial charge in [0.05, 0.1) is 10.6 Å². The van der Waals surface area contributed by atoms with Crippen molar-refractivity contribution in [1.82, 2.24) is 0 Å². The summed E-state index contributed by atoms with van der Waals surface area (Å²) in [6, 6.07) is 4.53. The van der Waals surface area contributed by atoms with E-state index in [9.17, 15) is 13.2 Å². The molecule has 0 radical (unpaired) electrons. The van der Waals surface area contributed by atoms with Crippen molar-refractivity contribution in [2.45, 2.75) is 31.3 Å². The zero-order chi connectivity index (χ0) is 14.8. The summed E-state index contributed by atoms with van der Waals surface area (Å²) in [7, 11) is -3.43. The number of nitrogens with one attached hydrogen (secondary N) is 1. The number of benzene rings is 1. The number of ether oxygens (including phenoxy) is 1. The van der Waals surface area contributed by atoms with E-state index in [4.69, 9.17) is 4.74 Å². The quantitative estimate of drug-likeness (QED) is 0.889. The van der Waals surface area contributed by atoms with Crippen molar-refractivity contribution in [3.63, 3.8) is 0 Å². The van der Waals surface area contributed by atoms with Gasteiger partial charge in [0, 0.05) is 10.7 Å². The van der Waals surface area contributed by atoms with Crippen LogP contribution in [-0.4, -0.2) is 26.4 Å². The van der Waals surface area contributed by atoms with Crippen molar-refractivity contribution in [2.75, 3.05) is 11.6 Å². The zero-order valence-electron chi connectivity index (χ0n) is 11.2. The number of amides is 1. The number of anilines is 1. The van der Waals surface area contributed by atoms with Gasteiger partial charge in [-0.1, -0.05) is 15.9 Å². The molecule has 0 spiro atoms. The number of halogens is 1. The molecular weight excluding hydrogens is 334 g/mol. The van der Waals surface area contributed by atoms with E-state index in [1.165, 1.54) is 12.1 Å². The maximum atomic E-state index is 11.7. The SMILES string of the molecule is CC(C)(C)OC(=O)Nc1cc(Br)ccc1S(C)(=O)=O. The first-order valence-corrected chi connectivity index (χ1v) is 8.17. The highest BCUT2D eigenvalue weighted by atomic mass is 79.9. The molecule has 19 heavy (non-hydrogen) atoms. The lowest BCUT2D eigenvalue weighted by molar-refractivity contribution is 0.0635. The van der Waals surface area contributed by atoms with Crippen molar-refractivity contribution in [3.05, 3.63) is 22.7 Å². The summed E-state index contributed by atoms with van der Waals surface area (Å²) >= 11 is 3.23. The second kappa shape index (κ2) is 5.50. The summed E-state index contributed by atoms with van der Waals surface area (Å²) in [4.78, 5) is 11.7. The number of carbonyl (C=O) groups excluding carboxylic acids is 1. The maximum absolute atomic E-state index is 11.7. The highest BCUT2D eigenvalue weighted by Crippen LogP contribution is 2.26. The molecule has 1 amide bonds. The fraction of sp³-hybridized carbons (Fsp3) is 0.417. The second-order valence-electron chi connectivity index (χ2n) is 5.04. The third-order valence-corrected chi connectivity index (χ3v) is 3.62. The van der Waals surface area contributed by atoms with E-state index in [0.29, 0.717) is 4.47 Å². The first-order chi connectivity index (χ1) is 8.49. The number of hydrogen-bond acceptors (Lipinski definition) is 4. The van der Waals surface area contributed by atoms with E-state index < -0.39 is 21.5 Å². The molecule has 0 aliphatic heterocycles. The van der Waals surface area contributed by atoms with Crippen LogP contribution in [0.2, 0.25) is 0 Å². The number of carbonyl (C=O) groups is 1. The Kier molecular flexibility index (Phi) is 4.63. The lowest BCUT2D eigenvalue weighted by atomic mass is 10.2. The monoisotopic (exact) mass is 349 g/mol. The molecule has 0 saturated carbocycles. The molecule has 7 heteroatoms. The van der Waals surface area contributed by atoms with E-state index in [2.05, 4.69) is 21.2 Å². The minimum Gasteiger partial charge on any atom is -0.444 e. The predicted octanol–water partition coefficient (Wildman–Crippen LogP) is 3.20. The first-order valence-electron chi connectivity index (χ1n) is 5.49. The largest absolute Gasteiger partial charge is 0.444 e. The topological polar surface area (TPSA) is 72.5 Å². The normalized spacial score (nSPS) is 12.1. The van der Waals surface area contributed by atoms with Gasteiger partial charge in [0.15, 0.2) is 9.84 Å². The highest BCUT2D eigenvalue weighted by Gasteiger charge is 2.20. The summed E-state index contributed by atoms with van der Waals surface area (Å²) in [5, 5.41) is 2.44. The second-order valence-corrected chi connectivity index (χ2v) is 7.94. The summed E-state index contributed by atoms with van der Waals surface area (Å²) in [6.07, 6.45) is 0.381. The van der Waals surface area contributed by atoms with E-state index in [-0.39, 0.29) is 10.6 Å². The molecule has 0 aliphatic carbocycles. The number of sulfone groups is 1. The number of rotatable bonds is 2. The fourth-order valence-electron chi connectivity index (χ4n) is 1.34. The summed E-state index contributed by atoms with van der Waals surface area (Å²) in [5.74, 6) is 0. The minimum atomic E-state index is -3.43. The van der Waals surface area contributed by atoms with Gasteiger partial charge in [0.2, 0.25) is 0 Å². The van der Waals surface area contributed by atoms with Crippen LogP contribution in [0.25, 0.3) is 0 Å². The van der Waals surface area contributed by atoms with E-state index >= 15 is 0 Å². The van der Waals surface area contributed by atoms with Gasteiger partial charge in [-0.15, -0.1) is 0 Å². The zero-order valence-corrected chi connectivity index (χ0v) is 13.6. The lowest BCUT2D eigenvalue weighted by Gasteiger charge is -2.20. The van der Waals surface area contributed by atoms with Gasteiger partial charge in [-0.25, -0.2) is 13.2 Å². The van der Waals surface area contributed by atoms with Crippen molar-refractivity contribution in [1.29, 1.82) is 0 Å². The standard InChI is InChI=1S/C12H16BrNO4S/c1-12(2,3)18-11(15)14-9-7-8(13)5-6-10(9)19(4,16)17/h5-7H,1-4H3,(H,14,15). The smallest absolute Gasteiger partial charge is 0.412 e. The van der Waals surface area contributed by atoms with Gasteiger partial charge < -0.3 is 4.74 Å². The van der Waals surface area contributed by atoms with Crippen LogP contribution in [0.5, 0.6) is 0 Å². The van der Waals surface area contributed by atoms with Gasteiger partial charge in [0.25, 0.3) is 0 Å². The molecule has 106 valence electrons.